The molecule has 2 aliphatic rings. The molecule has 0 aliphatic carbocycles. The summed E-state index contributed by atoms with van der Waals surface area (Å²) >= 11 is 1.63. The van der Waals surface area contributed by atoms with E-state index in [4.69, 9.17) is 9.47 Å². The number of nitrogens with zero attached hydrogens (tertiary/aromatic N) is 2. The lowest BCUT2D eigenvalue weighted by molar-refractivity contribution is -0.105. The third kappa shape index (κ3) is 3.83. The first-order valence-corrected chi connectivity index (χ1v) is 11.0. The fraction of sp³-hybridized carbons (Fsp3) is 0.812. The number of hydrogen-bond donors (Lipinski definition) is 0. The third-order valence-corrected chi connectivity index (χ3v) is 7.66. The molecule has 2 fully saturated rings. The van der Waals surface area contributed by atoms with Crippen LogP contribution in [-0.2, 0) is 26.1 Å². The van der Waals surface area contributed by atoms with Gasteiger partial charge in [-0.2, -0.15) is 4.31 Å². The van der Waals surface area contributed by atoms with Crippen molar-refractivity contribution in [2.45, 2.75) is 45.3 Å². The fourth-order valence-electron chi connectivity index (χ4n) is 3.55. The Morgan fingerprint density at radius 3 is 2.96 bits per heavy atom. The van der Waals surface area contributed by atoms with E-state index >= 15 is 0 Å². The van der Waals surface area contributed by atoms with E-state index in [1.807, 2.05) is 19.2 Å². The van der Waals surface area contributed by atoms with Gasteiger partial charge in [-0.25, -0.2) is 13.4 Å². The van der Waals surface area contributed by atoms with Crippen molar-refractivity contribution in [1.29, 1.82) is 0 Å². The molecule has 0 N–H and O–H groups in total. The van der Waals surface area contributed by atoms with Crippen LogP contribution in [0.1, 0.15) is 36.9 Å². The van der Waals surface area contributed by atoms with Crippen LogP contribution in [0.2, 0.25) is 0 Å². The van der Waals surface area contributed by atoms with Crippen molar-refractivity contribution in [3.63, 3.8) is 0 Å². The minimum absolute atomic E-state index is 0.226. The highest BCUT2D eigenvalue weighted by Crippen LogP contribution is 2.42. The monoisotopic (exact) mass is 374 g/mol. The van der Waals surface area contributed by atoms with Crippen molar-refractivity contribution < 1.29 is 17.9 Å². The molecule has 1 aromatic rings. The van der Waals surface area contributed by atoms with Gasteiger partial charge in [-0.3, -0.25) is 0 Å². The van der Waals surface area contributed by atoms with Crippen LogP contribution in [0.4, 0.5) is 0 Å². The van der Waals surface area contributed by atoms with Crippen molar-refractivity contribution >= 4 is 21.4 Å². The number of aromatic nitrogens is 1. The van der Waals surface area contributed by atoms with Gasteiger partial charge in [0, 0.05) is 31.7 Å². The van der Waals surface area contributed by atoms with Gasteiger partial charge in [0.05, 0.1) is 28.7 Å². The number of sulfonamides is 1. The van der Waals surface area contributed by atoms with E-state index in [0.717, 1.165) is 30.2 Å². The van der Waals surface area contributed by atoms with Crippen LogP contribution in [0.3, 0.4) is 0 Å². The van der Waals surface area contributed by atoms with E-state index in [9.17, 15) is 8.42 Å². The van der Waals surface area contributed by atoms with Crippen LogP contribution in [0.25, 0.3) is 0 Å². The summed E-state index contributed by atoms with van der Waals surface area (Å²) in [5.74, 6) is 0.604. The van der Waals surface area contributed by atoms with Crippen LogP contribution in [0.5, 0.6) is 0 Å². The number of rotatable bonds is 8. The van der Waals surface area contributed by atoms with Crippen molar-refractivity contribution in [3.8, 4) is 0 Å². The minimum Gasteiger partial charge on any atom is -0.375 e. The highest BCUT2D eigenvalue weighted by Gasteiger charge is 2.55. The molecule has 0 amide bonds. The molecule has 0 radical (unpaired) electrons. The summed E-state index contributed by atoms with van der Waals surface area (Å²) < 4.78 is 37.5. The number of hydrogen-bond acceptors (Lipinski definition) is 6. The minimum atomic E-state index is -3.10. The van der Waals surface area contributed by atoms with E-state index in [1.165, 1.54) is 0 Å². The van der Waals surface area contributed by atoms with E-state index in [0.29, 0.717) is 38.6 Å². The maximum atomic E-state index is 12.1. The average molecular weight is 375 g/mol. The van der Waals surface area contributed by atoms with Gasteiger partial charge in [0.1, 0.15) is 0 Å². The van der Waals surface area contributed by atoms with Crippen LogP contribution >= 0.6 is 11.3 Å². The maximum absolute atomic E-state index is 12.1. The van der Waals surface area contributed by atoms with Crippen LogP contribution < -0.4 is 0 Å². The first-order chi connectivity index (χ1) is 11.5. The Kier molecular flexibility index (Phi) is 5.61. The molecule has 1 spiro atoms. The molecule has 136 valence electrons. The predicted octanol–water partition coefficient (Wildman–Crippen LogP) is 2.19. The van der Waals surface area contributed by atoms with Crippen molar-refractivity contribution in [3.05, 3.63) is 16.1 Å². The van der Waals surface area contributed by atoms with Gasteiger partial charge in [0.15, 0.2) is 0 Å². The molecule has 0 bridgehead atoms. The van der Waals surface area contributed by atoms with Crippen LogP contribution in [0, 0.1) is 12.8 Å². The normalized spacial score (nSPS) is 23.7. The molecule has 2 aliphatic heterocycles. The first kappa shape index (κ1) is 18.3. The van der Waals surface area contributed by atoms with Crippen molar-refractivity contribution in [2.75, 3.05) is 32.1 Å². The summed E-state index contributed by atoms with van der Waals surface area (Å²) in [5.41, 5.74) is 0.705. The third-order valence-electron chi connectivity index (χ3n) is 4.87. The van der Waals surface area contributed by atoms with Gasteiger partial charge in [-0.15, -0.1) is 11.3 Å². The van der Waals surface area contributed by atoms with Crippen molar-refractivity contribution in [2.24, 2.45) is 5.92 Å². The lowest BCUT2D eigenvalue weighted by atomic mass is 9.80. The second kappa shape index (κ2) is 7.37. The Bertz CT molecular complexity index is 653. The zero-order valence-electron chi connectivity index (χ0n) is 14.4. The van der Waals surface area contributed by atoms with Gasteiger partial charge in [-0.05, 0) is 32.1 Å². The second-order valence-electron chi connectivity index (χ2n) is 6.68. The molecular formula is C16H26N2O4S2. The molecule has 1 aromatic heterocycles. The van der Waals surface area contributed by atoms with Gasteiger partial charge in [0.2, 0.25) is 10.0 Å². The summed E-state index contributed by atoms with van der Waals surface area (Å²) in [6.45, 7) is 6.82. The molecule has 24 heavy (non-hydrogen) atoms. The van der Waals surface area contributed by atoms with E-state index in [2.05, 4.69) is 4.98 Å². The predicted molar refractivity (Wildman–Crippen MR) is 93.6 cm³/mol. The van der Waals surface area contributed by atoms with Gasteiger partial charge in [-0.1, -0.05) is 6.92 Å². The lowest BCUT2D eigenvalue weighted by Crippen LogP contribution is -2.66. The average Bonchev–Trinajstić information content (AvgIpc) is 3.08. The standard InChI is InChI=1S/C16H26N2O4S2/c1-3-8-24(19,20)18-11-16(12-18)14(5-7-22-16)4-6-21-9-15-10-23-13(2)17-15/h10,14H,3-9,11-12H2,1-2H3/t14-/m1/s1. The summed E-state index contributed by atoms with van der Waals surface area (Å²) in [5, 5.41) is 3.08. The fourth-order valence-corrected chi connectivity index (χ4v) is 5.76. The SMILES string of the molecule is CCCS(=O)(=O)N1CC2(C1)OCC[C@H]2CCOCc1csc(C)n1. The molecule has 0 saturated carbocycles. The molecule has 0 unspecified atom stereocenters. The van der Waals surface area contributed by atoms with E-state index in [-0.39, 0.29) is 11.4 Å². The molecular weight excluding hydrogens is 348 g/mol. The summed E-state index contributed by atoms with van der Waals surface area (Å²) in [6.07, 6.45) is 2.55. The van der Waals surface area contributed by atoms with Crippen molar-refractivity contribution in [1.82, 2.24) is 9.29 Å². The zero-order valence-corrected chi connectivity index (χ0v) is 16.0. The summed E-state index contributed by atoms with van der Waals surface area (Å²) in [7, 11) is -3.10. The van der Waals surface area contributed by atoms with Crippen LogP contribution in [-0.4, -0.2) is 55.4 Å². The molecule has 0 aromatic carbocycles. The Labute approximate surface area is 148 Å². The zero-order chi connectivity index (χ0) is 17.2. The molecule has 1 atom stereocenters. The molecule has 2 saturated heterocycles. The first-order valence-electron chi connectivity index (χ1n) is 8.56. The Morgan fingerprint density at radius 1 is 1.50 bits per heavy atom. The number of thiazole rings is 1. The van der Waals surface area contributed by atoms with Crippen LogP contribution in [0.15, 0.2) is 5.38 Å². The Hall–Kier alpha value is -0.540. The lowest BCUT2D eigenvalue weighted by Gasteiger charge is -2.49. The second-order valence-corrected chi connectivity index (χ2v) is 9.83. The Balaban J connectivity index is 1.45. The highest BCUT2D eigenvalue weighted by molar-refractivity contribution is 7.89. The highest BCUT2D eigenvalue weighted by atomic mass is 32.2. The summed E-state index contributed by atoms with van der Waals surface area (Å²) in [6, 6.07) is 0. The van der Waals surface area contributed by atoms with E-state index < -0.39 is 10.0 Å². The topological polar surface area (TPSA) is 68.7 Å². The molecule has 8 heteroatoms. The molecule has 3 heterocycles. The number of aryl methyl sites for hydroxylation is 1. The molecule has 3 rings (SSSR count). The largest absolute Gasteiger partial charge is 0.375 e. The smallest absolute Gasteiger partial charge is 0.214 e. The van der Waals surface area contributed by atoms with Gasteiger partial charge < -0.3 is 9.47 Å². The summed E-state index contributed by atoms with van der Waals surface area (Å²) in [4.78, 5) is 4.39. The van der Waals surface area contributed by atoms with Gasteiger partial charge >= 0.3 is 0 Å². The van der Waals surface area contributed by atoms with E-state index in [1.54, 1.807) is 15.6 Å². The van der Waals surface area contributed by atoms with Gasteiger partial charge in [0.25, 0.3) is 0 Å². The maximum Gasteiger partial charge on any atom is 0.214 e. The quantitative estimate of drug-likeness (QED) is 0.653. The Morgan fingerprint density at radius 2 is 2.29 bits per heavy atom. The number of ether oxygens (including phenoxy) is 2. The molecule has 6 nitrogen and oxygen atoms in total.